The molecule has 2 rings (SSSR count). The Morgan fingerprint density at radius 3 is 2.40 bits per heavy atom. The average Bonchev–Trinajstić information content (AvgIpc) is 2.43. The fourth-order valence-electron chi connectivity index (χ4n) is 1.66. The molecule has 2 aromatic carbocycles. The molecule has 0 fully saturated rings. The molecule has 7 heteroatoms. The number of nitro benzene ring substituents is 1. The molecule has 0 spiro atoms. The van der Waals surface area contributed by atoms with Gasteiger partial charge in [-0.3, -0.25) is 14.3 Å². The van der Waals surface area contributed by atoms with E-state index in [2.05, 4.69) is 0 Å². The molecule has 20 heavy (non-hydrogen) atoms. The first-order valence-corrected chi connectivity index (χ1v) is 6.96. The molecular weight excluding hydrogens is 283 g/mol. The van der Waals surface area contributed by atoms with Crippen molar-refractivity contribution in [2.45, 2.75) is 10.6 Å². The molecule has 0 saturated heterocycles. The standard InChI is InChI=1S/C13H11FN2O3S/c14-12-2-1-3-13(15)11(12)8-20(19)10-6-4-9(5-7-10)16(17)18/h1-7H,8,15H2. The summed E-state index contributed by atoms with van der Waals surface area (Å²) in [6, 6.07) is 9.57. The van der Waals surface area contributed by atoms with Crippen LogP contribution in [0.5, 0.6) is 0 Å². The van der Waals surface area contributed by atoms with Gasteiger partial charge in [0, 0.05) is 28.3 Å². The van der Waals surface area contributed by atoms with Crippen LogP contribution in [0.1, 0.15) is 5.56 Å². The smallest absolute Gasteiger partial charge is 0.269 e. The molecule has 0 aliphatic rings. The molecule has 0 aliphatic heterocycles. The van der Waals surface area contributed by atoms with E-state index >= 15 is 0 Å². The second-order valence-corrected chi connectivity index (χ2v) is 5.50. The summed E-state index contributed by atoms with van der Waals surface area (Å²) in [7, 11) is -1.52. The Labute approximate surface area is 116 Å². The largest absolute Gasteiger partial charge is 0.398 e. The number of nitrogens with two attached hydrogens (primary N) is 1. The van der Waals surface area contributed by atoms with Crippen LogP contribution in [0.4, 0.5) is 15.8 Å². The Bertz CT molecular complexity index is 654. The Hall–Kier alpha value is -2.28. The van der Waals surface area contributed by atoms with Gasteiger partial charge in [0.1, 0.15) is 5.82 Å². The summed E-state index contributed by atoms with van der Waals surface area (Å²) in [6.07, 6.45) is 0. The van der Waals surface area contributed by atoms with E-state index in [1.54, 1.807) is 0 Å². The van der Waals surface area contributed by atoms with E-state index in [1.807, 2.05) is 0 Å². The van der Waals surface area contributed by atoms with Crippen molar-refractivity contribution in [3.8, 4) is 0 Å². The van der Waals surface area contributed by atoms with E-state index in [1.165, 1.54) is 42.5 Å². The van der Waals surface area contributed by atoms with E-state index in [0.717, 1.165) is 0 Å². The summed E-state index contributed by atoms with van der Waals surface area (Å²) in [5.74, 6) is -0.587. The van der Waals surface area contributed by atoms with Crippen molar-refractivity contribution in [3.05, 3.63) is 64.0 Å². The monoisotopic (exact) mass is 294 g/mol. The number of non-ortho nitro benzene ring substituents is 1. The highest BCUT2D eigenvalue weighted by Crippen LogP contribution is 2.21. The summed E-state index contributed by atoms with van der Waals surface area (Å²) in [5.41, 5.74) is 5.98. The van der Waals surface area contributed by atoms with Gasteiger partial charge in [0.15, 0.2) is 0 Å². The van der Waals surface area contributed by atoms with Gasteiger partial charge in [-0.05, 0) is 24.3 Å². The molecule has 0 aliphatic carbocycles. The minimum atomic E-state index is -1.52. The zero-order valence-electron chi connectivity index (χ0n) is 10.3. The maximum atomic E-state index is 13.6. The first-order chi connectivity index (χ1) is 9.49. The van der Waals surface area contributed by atoms with E-state index < -0.39 is 21.5 Å². The third-order valence-corrected chi connectivity index (χ3v) is 4.09. The number of nitrogens with zero attached hydrogens (tertiary/aromatic N) is 1. The molecule has 0 saturated carbocycles. The lowest BCUT2D eigenvalue weighted by atomic mass is 10.2. The van der Waals surface area contributed by atoms with Crippen molar-refractivity contribution in [1.29, 1.82) is 0 Å². The molecule has 0 heterocycles. The summed E-state index contributed by atoms with van der Waals surface area (Å²) in [6.45, 7) is 0. The van der Waals surface area contributed by atoms with Crippen molar-refractivity contribution < 1.29 is 13.5 Å². The number of hydrogen-bond acceptors (Lipinski definition) is 4. The first kappa shape index (κ1) is 14.1. The van der Waals surface area contributed by atoms with Crippen LogP contribution in [0.25, 0.3) is 0 Å². The number of nitrogen functional groups attached to an aromatic ring is 1. The normalized spacial score (nSPS) is 12.1. The Balaban J connectivity index is 2.22. The zero-order valence-corrected chi connectivity index (χ0v) is 11.1. The number of hydrogen-bond donors (Lipinski definition) is 1. The highest BCUT2D eigenvalue weighted by atomic mass is 32.2. The van der Waals surface area contributed by atoms with Crippen LogP contribution < -0.4 is 5.73 Å². The first-order valence-electron chi connectivity index (χ1n) is 5.64. The van der Waals surface area contributed by atoms with Crippen LogP contribution in [0, 0.1) is 15.9 Å². The minimum absolute atomic E-state index is 0.0731. The van der Waals surface area contributed by atoms with Crippen LogP contribution in [-0.2, 0) is 16.6 Å². The minimum Gasteiger partial charge on any atom is -0.398 e. The molecule has 1 unspecified atom stereocenters. The Morgan fingerprint density at radius 1 is 1.20 bits per heavy atom. The van der Waals surface area contributed by atoms with Crippen molar-refractivity contribution in [2.75, 3.05) is 5.73 Å². The average molecular weight is 294 g/mol. The molecule has 0 bridgehead atoms. The highest BCUT2D eigenvalue weighted by molar-refractivity contribution is 7.84. The lowest BCUT2D eigenvalue weighted by Gasteiger charge is -2.07. The van der Waals surface area contributed by atoms with Crippen molar-refractivity contribution in [1.82, 2.24) is 0 Å². The third kappa shape index (κ3) is 3.00. The maximum Gasteiger partial charge on any atom is 0.269 e. The lowest BCUT2D eigenvalue weighted by molar-refractivity contribution is -0.384. The van der Waals surface area contributed by atoms with Crippen LogP contribution >= 0.6 is 0 Å². The number of benzene rings is 2. The second-order valence-electron chi connectivity index (χ2n) is 4.05. The molecular formula is C13H11FN2O3S. The highest BCUT2D eigenvalue weighted by Gasteiger charge is 2.13. The summed E-state index contributed by atoms with van der Waals surface area (Å²) >= 11 is 0. The molecule has 5 nitrogen and oxygen atoms in total. The van der Waals surface area contributed by atoms with Gasteiger partial charge in [-0.15, -0.1) is 0 Å². The number of nitro groups is 1. The number of halogens is 1. The third-order valence-electron chi connectivity index (χ3n) is 2.74. The molecule has 2 N–H and O–H groups in total. The molecule has 0 amide bonds. The van der Waals surface area contributed by atoms with E-state index in [4.69, 9.17) is 5.73 Å². The van der Waals surface area contributed by atoms with Gasteiger partial charge in [0.25, 0.3) is 5.69 Å². The number of anilines is 1. The predicted molar refractivity (Wildman–Crippen MR) is 74.0 cm³/mol. The predicted octanol–water partition coefficient (Wildman–Crippen LogP) is 2.62. The van der Waals surface area contributed by atoms with E-state index in [9.17, 15) is 18.7 Å². The molecule has 0 aromatic heterocycles. The second kappa shape index (κ2) is 5.79. The summed E-state index contributed by atoms with van der Waals surface area (Å²) in [4.78, 5) is 10.4. The van der Waals surface area contributed by atoms with Gasteiger partial charge >= 0.3 is 0 Å². The number of rotatable bonds is 4. The van der Waals surface area contributed by atoms with Gasteiger partial charge in [-0.1, -0.05) is 6.07 Å². The van der Waals surface area contributed by atoms with Crippen molar-refractivity contribution in [2.24, 2.45) is 0 Å². The van der Waals surface area contributed by atoms with Crippen LogP contribution in [0.2, 0.25) is 0 Å². The van der Waals surface area contributed by atoms with Gasteiger partial charge in [-0.2, -0.15) is 0 Å². The van der Waals surface area contributed by atoms with Gasteiger partial charge in [-0.25, -0.2) is 4.39 Å². The fraction of sp³-hybridized carbons (Fsp3) is 0.0769. The summed E-state index contributed by atoms with van der Waals surface area (Å²) in [5, 5.41) is 10.5. The Kier molecular flexibility index (Phi) is 4.09. The molecule has 0 radical (unpaired) electrons. The van der Waals surface area contributed by atoms with Crippen LogP contribution in [0.3, 0.4) is 0 Å². The van der Waals surface area contributed by atoms with Crippen LogP contribution in [-0.4, -0.2) is 9.13 Å². The quantitative estimate of drug-likeness (QED) is 0.533. The topological polar surface area (TPSA) is 86.2 Å². The van der Waals surface area contributed by atoms with Gasteiger partial charge in [0.05, 0.1) is 21.5 Å². The molecule has 1 atom stereocenters. The zero-order chi connectivity index (χ0) is 14.7. The molecule has 104 valence electrons. The van der Waals surface area contributed by atoms with Gasteiger partial charge < -0.3 is 5.73 Å². The summed E-state index contributed by atoms with van der Waals surface area (Å²) < 4.78 is 25.7. The van der Waals surface area contributed by atoms with E-state index in [-0.39, 0.29) is 22.7 Å². The molecule has 2 aromatic rings. The van der Waals surface area contributed by atoms with E-state index in [0.29, 0.717) is 4.90 Å². The van der Waals surface area contributed by atoms with Crippen molar-refractivity contribution >= 4 is 22.2 Å². The van der Waals surface area contributed by atoms with Crippen LogP contribution in [0.15, 0.2) is 47.4 Å². The van der Waals surface area contributed by atoms with Crippen molar-refractivity contribution in [3.63, 3.8) is 0 Å². The maximum absolute atomic E-state index is 13.6. The SMILES string of the molecule is Nc1cccc(F)c1CS(=O)c1ccc([N+](=O)[O-])cc1. The van der Waals surface area contributed by atoms with Gasteiger partial charge in [0.2, 0.25) is 0 Å². The fourth-order valence-corrected chi connectivity index (χ4v) is 2.83. The lowest BCUT2D eigenvalue weighted by Crippen LogP contribution is -2.03. The Morgan fingerprint density at radius 2 is 1.85 bits per heavy atom.